The lowest BCUT2D eigenvalue weighted by atomic mass is 10.1. The number of amides is 2. The van der Waals surface area contributed by atoms with Gasteiger partial charge >= 0.3 is 0 Å². The first-order valence-corrected chi connectivity index (χ1v) is 13.4. The van der Waals surface area contributed by atoms with E-state index in [1.165, 1.54) is 11.0 Å². The third-order valence-corrected chi connectivity index (χ3v) is 7.31. The van der Waals surface area contributed by atoms with E-state index in [0.29, 0.717) is 10.7 Å². The van der Waals surface area contributed by atoms with Crippen LogP contribution in [0.1, 0.15) is 43.9 Å². The van der Waals surface area contributed by atoms with E-state index < -0.39 is 28.5 Å². The van der Waals surface area contributed by atoms with E-state index in [0.717, 1.165) is 33.7 Å². The lowest BCUT2D eigenvalue weighted by Gasteiger charge is -2.32. The maximum atomic E-state index is 13.5. The minimum Gasteiger partial charge on any atom is -0.352 e. The fourth-order valence-electron chi connectivity index (χ4n) is 3.29. The molecular weight excluding hydrogens is 474 g/mol. The smallest absolute Gasteiger partial charge is 0.244 e. The number of rotatable bonds is 10. The predicted molar refractivity (Wildman–Crippen MR) is 137 cm³/mol. The summed E-state index contributed by atoms with van der Waals surface area (Å²) in [4.78, 5) is 27.8. The maximum Gasteiger partial charge on any atom is 0.244 e. The Balaban J connectivity index is 2.39. The Bertz CT molecular complexity index is 1120. The average Bonchev–Trinajstić information content (AvgIpc) is 2.77. The number of hydrogen-bond acceptors (Lipinski definition) is 4. The van der Waals surface area contributed by atoms with E-state index in [-0.39, 0.29) is 18.5 Å². The number of nitrogens with zero attached hydrogens (tertiary/aromatic N) is 2. The van der Waals surface area contributed by atoms with Crippen molar-refractivity contribution in [1.29, 1.82) is 0 Å². The summed E-state index contributed by atoms with van der Waals surface area (Å²) in [6, 6.07) is 11.6. The highest BCUT2D eigenvalue weighted by atomic mass is 35.5. The molecule has 0 bridgehead atoms. The van der Waals surface area contributed by atoms with Gasteiger partial charge in [0.25, 0.3) is 0 Å². The highest BCUT2D eigenvalue weighted by molar-refractivity contribution is 7.92. The van der Waals surface area contributed by atoms with Crippen molar-refractivity contribution in [2.45, 2.75) is 59.7 Å². The fourth-order valence-corrected chi connectivity index (χ4v) is 4.31. The van der Waals surface area contributed by atoms with Gasteiger partial charge in [-0.05, 0) is 57.4 Å². The highest BCUT2D eigenvalue weighted by Crippen LogP contribution is 2.25. The van der Waals surface area contributed by atoms with Crippen LogP contribution < -0.4 is 9.62 Å². The molecule has 0 aliphatic heterocycles. The molecule has 0 unspecified atom stereocenters. The van der Waals surface area contributed by atoms with Crippen molar-refractivity contribution in [3.8, 4) is 0 Å². The molecule has 186 valence electrons. The van der Waals surface area contributed by atoms with Crippen molar-refractivity contribution in [2.24, 2.45) is 0 Å². The summed E-state index contributed by atoms with van der Waals surface area (Å²) in [5, 5.41) is 3.31. The summed E-state index contributed by atoms with van der Waals surface area (Å²) in [7, 11) is -3.80. The summed E-state index contributed by atoms with van der Waals surface area (Å²) in [6.45, 7) is 8.99. The van der Waals surface area contributed by atoms with Gasteiger partial charge in [-0.3, -0.25) is 13.9 Å². The fraction of sp³-hybridized carbons (Fsp3) is 0.440. The van der Waals surface area contributed by atoms with Crippen LogP contribution in [0.3, 0.4) is 0 Å². The van der Waals surface area contributed by atoms with Crippen molar-refractivity contribution in [3.63, 3.8) is 0 Å². The topological polar surface area (TPSA) is 86.8 Å². The van der Waals surface area contributed by atoms with Crippen molar-refractivity contribution in [1.82, 2.24) is 10.2 Å². The quantitative estimate of drug-likeness (QED) is 0.525. The monoisotopic (exact) mass is 507 g/mol. The van der Waals surface area contributed by atoms with Crippen molar-refractivity contribution >= 4 is 39.1 Å². The molecule has 0 aromatic heterocycles. The zero-order valence-corrected chi connectivity index (χ0v) is 22.2. The number of benzene rings is 2. The summed E-state index contributed by atoms with van der Waals surface area (Å²) in [5.74, 6) is -0.784. The van der Waals surface area contributed by atoms with Crippen molar-refractivity contribution in [3.05, 3.63) is 64.2 Å². The van der Waals surface area contributed by atoms with Crippen LogP contribution in [0.2, 0.25) is 5.02 Å². The number of nitrogens with one attached hydrogen (secondary N) is 1. The molecule has 0 saturated heterocycles. The first-order valence-electron chi connectivity index (χ1n) is 11.2. The molecule has 2 aromatic carbocycles. The second-order valence-corrected chi connectivity index (χ2v) is 11.0. The number of aryl methyl sites for hydroxylation is 2. The Kier molecular flexibility index (Phi) is 9.53. The van der Waals surface area contributed by atoms with Crippen LogP contribution >= 0.6 is 11.6 Å². The number of sulfonamides is 1. The largest absolute Gasteiger partial charge is 0.352 e. The summed E-state index contributed by atoms with van der Waals surface area (Å²) in [5.41, 5.74) is 3.00. The molecule has 2 atom stereocenters. The van der Waals surface area contributed by atoms with Gasteiger partial charge in [0.05, 0.1) is 11.9 Å². The normalized spacial score (nSPS) is 13.1. The molecular formula is C25H34ClN3O4S. The molecule has 0 heterocycles. The van der Waals surface area contributed by atoms with Gasteiger partial charge in [-0.25, -0.2) is 8.42 Å². The minimum absolute atomic E-state index is 0.0477. The standard InChI is InChI=1S/C25H34ClN3O4S/c1-7-19(4)27-25(31)20(5)28(15-21-11-8-17(2)9-12-21)24(30)16-29(34(6,32)33)22-13-10-18(3)23(26)14-22/h8-14,19-20H,7,15-16H2,1-6H3,(H,27,31)/t19-,20+/m1/s1. The Labute approximate surface area is 208 Å². The number of carbonyl (C=O) groups is 2. The van der Waals surface area contributed by atoms with Gasteiger partial charge in [0, 0.05) is 17.6 Å². The molecule has 1 N–H and O–H groups in total. The van der Waals surface area contributed by atoms with Crippen molar-refractivity contribution < 1.29 is 18.0 Å². The molecule has 0 spiro atoms. The Morgan fingerprint density at radius 1 is 1.06 bits per heavy atom. The van der Waals surface area contributed by atoms with Gasteiger partial charge in [0.1, 0.15) is 12.6 Å². The predicted octanol–water partition coefficient (Wildman–Crippen LogP) is 4.05. The Morgan fingerprint density at radius 3 is 2.21 bits per heavy atom. The second kappa shape index (κ2) is 11.7. The summed E-state index contributed by atoms with van der Waals surface area (Å²) in [6.07, 6.45) is 1.79. The summed E-state index contributed by atoms with van der Waals surface area (Å²) >= 11 is 6.21. The molecule has 0 aliphatic rings. The van der Waals surface area contributed by atoms with Gasteiger partial charge in [-0.1, -0.05) is 54.4 Å². The van der Waals surface area contributed by atoms with Crippen LogP contribution in [0.25, 0.3) is 0 Å². The third-order valence-electron chi connectivity index (χ3n) is 5.76. The average molecular weight is 508 g/mol. The third kappa shape index (κ3) is 7.46. The number of anilines is 1. The van der Waals surface area contributed by atoms with Gasteiger partial charge in [-0.15, -0.1) is 0 Å². The van der Waals surface area contributed by atoms with Crippen LogP contribution in [0.5, 0.6) is 0 Å². The van der Waals surface area contributed by atoms with Crippen LogP contribution in [-0.4, -0.2) is 50.0 Å². The molecule has 0 saturated carbocycles. The molecule has 0 aliphatic carbocycles. The second-order valence-electron chi connectivity index (χ2n) is 8.70. The van der Waals surface area contributed by atoms with E-state index in [2.05, 4.69) is 5.32 Å². The Hall–Kier alpha value is -2.58. The molecule has 2 amide bonds. The van der Waals surface area contributed by atoms with Crippen LogP contribution in [0.4, 0.5) is 5.69 Å². The molecule has 9 heteroatoms. The molecule has 0 radical (unpaired) electrons. The van der Waals surface area contributed by atoms with E-state index in [1.807, 2.05) is 52.0 Å². The molecule has 0 fully saturated rings. The van der Waals surface area contributed by atoms with Gasteiger partial charge in [0.2, 0.25) is 21.8 Å². The lowest BCUT2D eigenvalue weighted by molar-refractivity contribution is -0.139. The zero-order chi connectivity index (χ0) is 25.6. The zero-order valence-electron chi connectivity index (χ0n) is 20.6. The van der Waals surface area contributed by atoms with E-state index >= 15 is 0 Å². The van der Waals surface area contributed by atoms with Gasteiger partial charge < -0.3 is 10.2 Å². The number of halogens is 1. The first-order chi connectivity index (χ1) is 15.8. The number of hydrogen-bond donors (Lipinski definition) is 1. The lowest BCUT2D eigenvalue weighted by Crippen LogP contribution is -2.52. The molecule has 34 heavy (non-hydrogen) atoms. The van der Waals surface area contributed by atoms with Crippen LogP contribution in [-0.2, 0) is 26.2 Å². The van der Waals surface area contributed by atoms with Crippen LogP contribution in [0.15, 0.2) is 42.5 Å². The van der Waals surface area contributed by atoms with E-state index in [4.69, 9.17) is 11.6 Å². The molecule has 2 rings (SSSR count). The number of carbonyl (C=O) groups excluding carboxylic acids is 2. The summed E-state index contributed by atoms with van der Waals surface area (Å²) < 4.78 is 26.2. The SMILES string of the molecule is CC[C@@H](C)NC(=O)[C@H](C)N(Cc1ccc(C)cc1)C(=O)CN(c1ccc(C)c(Cl)c1)S(C)(=O)=O. The maximum absolute atomic E-state index is 13.5. The van der Waals surface area contributed by atoms with E-state index in [9.17, 15) is 18.0 Å². The van der Waals surface area contributed by atoms with Crippen LogP contribution in [0, 0.1) is 13.8 Å². The molecule has 7 nitrogen and oxygen atoms in total. The van der Waals surface area contributed by atoms with Gasteiger partial charge in [0.15, 0.2) is 0 Å². The molecule has 2 aromatic rings. The first kappa shape index (κ1) is 27.7. The van der Waals surface area contributed by atoms with E-state index in [1.54, 1.807) is 19.1 Å². The van der Waals surface area contributed by atoms with Gasteiger partial charge in [-0.2, -0.15) is 0 Å². The minimum atomic E-state index is -3.80. The Morgan fingerprint density at radius 2 is 1.68 bits per heavy atom. The van der Waals surface area contributed by atoms with Crippen molar-refractivity contribution in [2.75, 3.05) is 17.1 Å². The highest BCUT2D eigenvalue weighted by Gasteiger charge is 2.30.